The second-order valence-corrected chi connectivity index (χ2v) is 9.08. The highest BCUT2D eigenvalue weighted by molar-refractivity contribution is 9.10. The summed E-state index contributed by atoms with van der Waals surface area (Å²) in [4.78, 5) is 28.2. The smallest absolute Gasteiger partial charge is 0.410 e. The number of hydrogen-bond donors (Lipinski definition) is 1. The number of nitrogens with one attached hydrogen (secondary N) is 1. The molecule has 6 nitrogen and oxygen atoms in total. The zero-order valence-corrected chi connectivity index (χ0v) is 18.4. The summed E-state index contributed by atoms with van der Waals surface area (Å²) in [6.07, 6.45) is 1.59. The first-order valence-corrected chi connectivity index (χ1v) is 10.1. The van der Waals surface area contributed by atoms with Crippen molar-refractivity contribution in [3.05, 3.63) is 28.2 Å². The number of benzene rings is 1. The summed E-state index contributed by atoms with van der Waals surface area (Å²) >= 11 is 3.49. The minimum Gasteiger partial charge on any atom is -0.444 e. The lowest BCUT2D eigenvalue weighted by molar-refractivity contribution is 0.0253. The Morgan fingerprint density at radius 1 is 1.37 bits per heavy atom. The molecular weight excluding hydrogens is 410 g/mol. The van der Waals surface area contributed by atoms with Crippen LogP contribution in [0.3, 0.4) is 0 Å². The Labute approximate surface area is 170 Å². The molecule has 1 saturated heterocycles. The quantitative estimate of drug-likeness (QED) is 0.730. The lowest BCUT2D eigenvalue weighted by Crippen LogP contribution is -2.46. The third-order valence-corrected chi connectivity index (χ3v) is 5.07. The van der Waals surface area contributed by atoms with Gasteiger partial charge >= 0.3 is 12.1 Å². The monoisotopic (exact) mass is 439 g/mol. The molecule has 0 radical (unpaired) electrons. The molecule has 0 aliphatic carbocycles. The molecule has 150 valence electrons. The van der Waals surface area contributed by atoms with Gasteiger partial charge in [-0.05, 0) is 80.1 Å². The van der Waals surface area contributed by atoms with E-state index in [2.05, 4.69) is 21.2 Å². The minimum absolute atomic E-state index is 0.107. The molecule has 0 aromatic heterocycles. The van der Waals surface area contributed by atoms with E-state index in [4.69, 9.17) is 4.74 Å². The van der Waals surface area contributed by atoms with Crippen LogP contribution in [0.5, 0.6) is 0 Å². The first-order chi connectivity index (χ1) is 12.5. The summed E-state index contributed by atoms with van der Waals surface area (Å²) in [5.41, 5.74) is 1.38. The molecule has 1 aliphatic heterocycles. The van der Waals surface area contributed by atoms with Gasteiger partial charge < -0.3 is 19.9 Å². The number of carbonyl (C=O) groups is 2. The van der Waals surface area contributed by atoms with E-state index < -0.39 is 5.60 Å². The molecule has 1 unspecified atom stereocenters. The summed E-state index contributed by atoms with van der Waals surface area (Å²) < 4.78 is 6.28. The number of rotatable bonds is 3. The Kier molecular flexibility index (Phi) is 7.14. The van der Waals surface area contributed by atoms with Gasteiger partial charge in [0.05, 0.1) is 5.69 Å². The first kappa shape index (κ1) is 21.5. The van der Waals surface area contributed by atoms with Crippen molar-refractivity contribution >= 4 is 33.7 Å². The standard InChI is InChI=1S/C20H30BrN3O3/c1-14-8-9-17(16(21)11-14)22-18(25)24-10-6-7-15(13-24)12-23(5)19(26)27-20(2,3)4/h8-9,11,15H,6-7,10,12-13H2,1-5H3,(H,22,25). The summed E-state index contributed by atoms with van der Waals surface area (Å²) in [6, 6.07) is 5.73. The largest absolute Gasteiger partial charge is 0.444 e. The van der Waals surface area contributed by atoms with Crippen molar-refractivity contribution in [3.8, 4) is 0 Å². The molecule has 0 spiro atoms. The molecule has 1 atom stereocenters. The molecule has 27 heavy (non-hydrogen) atoms. The average molecular weight is 440 g/mol. The fraction of sp³-hybridized carbons (Fsp3) is 0.600. The Morgan fingerprint density at radius 3 is 2.70 bits per heavy atom. The maximum absolute atomic E-state index is 12.6. The fourth-order valence-electron chi connectivity index (χ4n) is 3.12. The fourth-order valence-corrected chi connectivity index (χ4v) is 3.71. The van der Waals surface area contributed by atoms with Crippen molar-refractivity contribution in [1.29, 1.82) is 0 Å². The molecule has 3 amide bonds. The van der Waals surface area contributed by atoms with Crippen LogP contribution >= 0.6 is 15.9 Å². The van der Waals surface area contributed by atoms with Crippen LogP contribution in [-0.4, -0.2) is 54.2 Å². The van der Waals surface area contributed by atoms with Crippen LogP contribution in [0.4, 0.5) is 15.3 Å². The summed E-state index contributed by atoms with van der Waals surface area (Å²) in [7, 11) is 1.75. The third-order valence-electron chi connectivity index (χ3n) is 4.41. The molecule has 0 bridgehead atoms. The van der Waals surface area contributed by atoms with Crippen molar-refractivity contribution in [2.75, 3.05) is 32.0 Å². The Morgan fingerprint density at radius 2 is 2.07 bits per heavy atom. The van der Waals surface area contributed by atoms with Crippen LogP contribution in [0.15, 0.2) is 22.7 Å². The van der Waals surface area contributed by atoms with E-state index in [1.807, 2.05) is 50.8 Å². The van der Waals surface area contributed by atoms with Crippen molar-refractivity contribution in [2.24, 2.45) is 5.92 Å². The maximum atomic E-state index is 12.6. The number of urea groups is 1. The van der Waals surface area contributed by atoms with Crippen molar-refractivity contribution in [2.45, 2.75) is 46.1 Å². The number of carbonyl (C=O) groups excluding carboxylic acids is 2. The van der Waals surface area contributed by atoms with Crippen LogP contribution in [0.2, 0.25) is 0 Å². The van der Waals surface area contributed by atoms with Gasteiger partial charge in [-0.2, -0.15) is 0 Å². The second kappa shape index (κ2) is 8.95. The normalized spacial score (nSPS) is 17.4. The zero-order chi connectivity index (χ0) is 20.2. The predicted octanol–water partition coefficient (Wildman–Crippen LogP) is 4.87. The molecular formula is C20H30BrN3O3. The average Bonchev–Trinajstić information content (AvgIpc) is 2.56. The third kappa shape index (κ3) is 6.72. The predicted molar refractivity (Wildman–Crippen MR) is 111 cm³/mol. The zero-order valence-electron chi connectivity index (χ0n) is 16.8. The van der Waals surface area contributed by atoms with Gasteiger partial charge in [0.2, 0.25) is 0 Å². The number of likely N-dealkylation sites (tertiary alicyclic amines) is 1. The molecule has 1 N–H and O–H groups in total. The number of anilines is 1. The van der Waals surface area contributed by atoms with E-state index in [-0.39, 0.29) is 18.0 Å². The van der Waals surface area contributed by atoms with E-state index in [9.17, 15) is 9.59 Å². The van der Waals surface area contributed by atoms with Gasteiger partial charge in [0, 0.05) is 31.2 Å². The Balaban J connectivity index is 1.91. The first-order valence-electron chi connectivity index (χ1n) is 9.31. The van der Waals surface area contributed by atoms with Crippen molar-refractivity contribution in [1.82, 2.24) is 9.80 Å². The lowest BCUT2D eigenvalue weighted by Gasteiger charge is -2.35. The summed E-state index contributed by atoms with van der Waals surface area (Å²) in [6.45, 7) is 9.50. The number of amides is 3. The van der Waals surface area contributed by atoms with Crippen LogP contribution in [0.1, 0.15) is 39.2 Å². The number of nitrogens with zero attached hydrogens (tertiary/aromatic N) is 2. The van der Waals surface area contributed by atoms with Gasteiger partial charge in [0.25, 0.3) is 0 Å². The van der Waals surface area contributed by atoms with E-state index in [0.29, 0.717) is 13.1 Å². The summed E-state index contributed by atoms with van der Waals surface area (Å²) in [5, 5.41) is 2.97. The van der Waals surface area contributed by atoms with E-state index in [0.717, 1.165) is 35.1 Å². The van der Waals surface area contributed by atoms with Gasteiger partial charge in [-0.3, -0.25) is 0 Å². The van der Waals surface area contributed by atoms with Gasteiger partial charge in [0.1, 0.15) is 5.60 Å². The highest BCUT2D eigenvalue weighted by Gasteiger charge is 2.27. The van der Waals surface area contributed by atoms with E-state index in [1.54, 1.807) is 11.9 Å². The molecule has 1 heterocycles. The molecule has 7 heteroatoms. The minimum atomic E-state index is -0.509. The van der Waals surface area contributed by atoms with Crippen molar-refractivity contribution < 1.29 is 14.3 Å². The highest BCUT2D eigenvalue weighted by Crippen LogP contribution is 2.25. The molecule has 1 aromatic rings. The van der Waals surface area contributed by atoms with Crippen LogP contribution < -0.4 is 5.32 Å². The molecule has 1 aliphatic rings. The lowest BCUT2D eigenvalue weighted by atomic mass is 9.98. The topological polar surface area (TPSA) is 61.9 Å². The number of halogens is 1. The molecule has 0 saturated carbocycles. The van der Waals surface area contributed by atoms with Crippen LogP contribution in [-0.2, 0) is 4.74 Å². The van der Waals surface area contributed by atoms with Crippen molar-refractivity contribution in [3.63, 3.8) is 0 Å². The van der Waals surface area contributed by atoms with Gasteiger partial charge in [-0.15, -0.1) is 0 Å². The van der Waals surface area contributed by atoms with E-state index in [1.165, 1.54) is 0 Å². The van der Waals surface area contributed by atoms with Crippen LogP contribution in [0.25, 0.3) is 0 Å². The second-order valence-electron chi connectivity index (χ2n) is 8.23. The van der Waals surface area contributed by atoms with Gasteiger partial charge in [0.15, 0.2) is 0 Å². The molecule has 2 rings (SSSR count). The Hall–Kier alpha value is -1.76. The summed E-state index contributed by atoms with van der Waals surface area (Å²) in [5.74, 6) is 0.239. The number of aryl methyl sites for hydroxylation is 1. The number of ether oxygens (including phenoxy) is 1. The maximum Gasteiger partial charge on any atom is 0.410 e. The molecule has 1 aromatic carbocycles. The molecule has 1 fully saturated rings. The number of hydrogen-bond acceptors (Lipinski definition) is 3. The Bertz CT molecular complexity index is 688. The SMILES string of the molecule is Cc1ccc(NC(=O)N2CCCC(CN(C)C(=O)OC(C)(C)C)C2)c(Br)c1. The van der Waals surface area contributed by atoms with Gasteiger partial charge in [-0.25, -0.2) is 9.59 Å². The highest BCUT2D eigenvalue weighted by atomic mass is 79.9. The van der Waals surface area contributed by atoms with Crippen LogP contribution in [0, 0.1) is 12.8 Å². The number of piperidine rings is 1. The van der Waals surface area contributed by atoms with E-state index >= 15 is 0 Å². The van der Waals surface area contributed by atoms with Gasteiger partial charge in [-0.1, -0.05) is 6.07 Å².